The highest BCUT2D eigenvalue weighted by atomic mass is 79.9. The van der Waals surface area contributed by atoms with E-state index in [1.165, 1.54) is 24.0 Å². The summed E-state index contributed by atoms with van der Waals surface area (Å²) in [6, 6.07) is 18.9. The van der Waals surface area contributed by atoms with E-state index in [0.717, 1.165) is 47.1 Å². The fourth-order valence-corrected chi connectivity index (χ4v) is 7.45. The summed E-state index contributed by atoms with van der Waals surface area (Å²) < 4.78 is 20.1. The normalized spacial score (nSPS) is 18.8. The van der Waals surface area contributed by atoms with E-state index in [2.05, 4.69) is 15.9 Å². The summed E-state index contributed by atoms with van der Waals surface area (Å²) in [6.45, 7) is 2.62. The van der Waals surface area contributed by atoms with Gasteiger partial charge in [-0.3, -0.25) is 14.5 Å². The monoisotopic (exact) mass is 733 g/mol. The van der Waals surface area contributed by atoms with E-state index in [1.807, 2.05) is 53.4 Å². The fourth-order valence-electron chi connectivity index (χ4n) is 7.09. The predicted octanol–water partition coefficient (Wildman–Crippen LogP) is 6.06. The van der Waals surface area contributed by atoms with Gasteiger partial charge in [-0.25, -0.2) is 9.18 Å². The Morgan fingerprint density at radius 1 is 1.00 bits per heavy atom. The fraction of sp³-hybridized carbons (Fsp3) is 0.395. The lowest BCUT2D eigenvalue weighted by Crippen LogP contribution is -2.64. The highest BCUT2D eigenvalue weighted by Gasteiger charge is 2.49. The van der Waals surface area contributed by atoms with Crippen LogP contribution in [0, 0.1) is 5.82 Å². The third kappa shape index (κ3) is 7.83. The second kappa shape index (κ2) is 15.1. The number of carboxylic acid groups (broad SMARTS) is 1. The van der Waals surface area contributed by atoms with Crippen LogP contribution in [0.2, 0.25) is 0 Å². The molecule has 1 saturated heterocycles. The molecule has 3 aromatic rings. The number of ether oxygens (including phenoxy) is 1. The molecule has 2 fully saturated rings. The topological polar surface area (TPSA) is 111 Å². The zero-order valence-electron chi connectivity index (χ0n) is 27.5. The maximum atomic E-state index is 14.8. The third-order valence-electron chi connectivity index (χ3n) is 9.70. The number of halogens is 2. The molecule has 1 saturated carbocycles. The summed E-state index contributed by atoms with van der Waals surface area (Å²) in [5.74, 6) is -0.260. The lowest BCUT2D eigenvalue weighted by atomic mass is 9.81. The number of carbonyl (C=O) groups excluding carboxylic acids is 2. The van der Waals surface area contributed by atoms with Crippen LogP contribution in [-0.4, -0.2) is 87.2 Å². The highest BCUT2D eigenvalue weighted by molar-refractivity contribution is 9.10. The van der Waals surface area contributed by atoms with E-state index in [4.69, 9.17) is 4.74 Å². The molecule has 0 radical (unpaired) electrons. The minimum absolute atomic E-state index is 0.00455. The van der Waals surface area contributed by atoms with Crippen LogP contribution < -0.4 is 4.74 Å². The van der Waals surface area contributed by atoms with E-state index in [-0.39, 0.29) is 43.4 Å². The number of hydrogen-bond donors (Lipinski definition) is 2. The molecule has 11 heteroatoms. The van der Waals surface area contributed by atoms with Gasteiger partial charge in [-0.2, -0.15) is 0 Å². The van der Waals surface area contributed by atoms with Gasteiger partial charge in [0.1, 0.15) is 11.6 Å². The molecule has 0 unspecified atom stereocenters. The van der Waals surface area contributed by atoms with Crippen LogP contribution in [0.3, 0.4) is 0 Å². The van der Waals surface area contributed by atoms with Gasteiger partial charge in [-0.15, -0.1) is 0 Å². The van der Waals surface area contributed by atoms with Crippen LogP contribution in [0.15, 0.2) is 76.8 Å². The summed E-state index contributed by atoms with van der Waals surface area (Å²) in [5, 5.41) is 20.0. The Bertz CT molecular complexity index is 1740. The maximum absolute atomic E-state index is 14.8. The first-order chi connectivity index (χ1) is 23.6. The molecular formula is C38H41BrFN3O6. The average Bonchev–Trinajstić information content (AvgIpc) is 3.92. The molecule has 3 aromatic carbocycles. The molecule has 49 heavy (non-hydrogen) atoms. The lowest BCUT2D eigenvalue weighted by molar-refractivity contribution is -0.135. The summed E-state index contributed by atoms with van der Waals surface area (Å²) >= 11 is 3.39. The molecule has 2 aliphatic heterocycles. The van der Waals surface area contributed by atoms with E-state index in [0.29, 0.717) is 48.2 Å². The predicted molar refractivity (Wildman–Crippen MR) is 186 cm³/mol. The van der Waals surface area contributed by atoms with Crippen molar-refractivity contribution in [3.8, 4) is 5.75 Å². The number of piperazine rings is 1. The minimum atomic E-state index is -1.10. The first kappa shape index (κ1) is 34.6. The van der Waals surface area contributed by atoms with Crippen LogP contribution in [0.4, 0.5) is 9.18 Å². The van der Waals surface area contributed by atoms with E-state index in [9.17, 15) is 29.0 Å². The Morgan fingerprint density at radius 2 is 1.73 bits per heavy atom. The zero-order chi connectivity index (χ0) is 34.7. The number of aryl methyl sites for hydroxylation is 1. The quantitative estimate of drug-likeness (QED) is 0.219. The van der Waals surface area contributed by atoms with Crippen molar-refractivity contribution in [3.05, 3.63) is 105 Å². The number of nitrogens with zero attached hydrogens (tertiary/aromatic N) is 3. The number of aliphatic hydroxyl groups is 1. The SMILES string of the molecule is CC(=O)N1C[C@H]2CC(c3ccc(CCCOc4cc(F)ccc4Br)cc3)=C(C(=O)N(Cc3ccccc3CCO)C3CC3)[C@@H](C1)N2C(=O)O. The van der Waals surface area contributed by atoms with Gasteiger partial charge in [-0.05, 0) is 94.4 Å². The number of carbonyl (C=O) groups is 3. The Balaban J connectivity index is 1.30. The van der Waals surface area contributed by atoms with Gasteiger partial charge in [0.2, 0.25) is 5.91 Å². The number of amides is 3. The lowest BCUT2D eigenvalue weighted by Gasteiger charge is -2.50. The Morgan fingerprint density at radius 3 is 2.41 bits per heavy atom. The molecule has 2 N–H and O–H groups in total. The van der Waals surface area contributed by atoms with Crippen molar-refractivity contribution in [3.63, 3.8) is 0 Å². The highest BCUT2D eigenvalue weighted by Crippen LogP contribution is 2.41. The number of aliphatic hydroxyl groups excluding tert-OH is 1. The number of hydrogen-bond acceptors (Lipinski definition) is 5. The van der Waals surface area contributed by atoms with Crippen molar-refractivity contribution in [1.82, 2.24) is 14.7 Å². The molecule has 1 aliphatic carbocycles. The van der Waals surface area contributed by atoms with Crippen molar-refractivity contribution >= 4 is 39.4 Å². The van der Waals surface area contributed by atoms with Gasteiger partial charge in [0.05, 0.1) is 23.2 Å². The Kier molecular flexibility index (Phi) is 10.7. The van der Waals surface area contributed by atoms with E-state index >= 15 is 0 Å². The molecule has 3 aliphatic rings. The van der Waals surface area contributed by atoms with Gasteiger partial charge < -0.3 is 24.7 Å². The maximum Gasteiger partial charge on any atom is 0.408 e. The average molecular weight is 735 g/mol. The van der Waals surface area contributed by atoms with Crippen molar-refractivity contribution < 1.29 is 33.7 Å². The minimum Gasteiger partial charge on any atom is -0.492 e. The molecule has 2 atom stereocenters. The van der Waals surface area contributed by atoms with Gasteiger partial charge >= 0.3 is 6.09 Å². The number of fused-ring (bicyclic) bond motifs is 2. The molecule has 2 heterocycles. The van der Waals surface area contributed by atoms with Crippen LogP contribution in [0.1, 0.15) is 54.9 Å². The molecular weight excluding hydrogens is 693 g/mol. The van der Waals surface area contributed by atoms with Gasteiger partial charge in [0.25, 0.3) is 5.91 Å². The first-order valence-electron chi connectivity index (χ1n) is 16.8. The summed E-state index contributed by atoms with van der Waals surface area (Å²) in [6.07, 6.45) is 2.84. The Hall–Kier alpha value is -4.22. The number of benzene rings is 3. The summed E-state index contributed by atoms with van der Waals surface area (Å²) in [5.41, 5.74) is 5.11. The molecule has 0 spiro atoms. The van der Waals surface area contributed by atoms with Gasteiger partial charge in [0, 0.05) is 50.8 Å². The first-order valence-corrected chi connectivity index (χ1v) is 17.6. The standard InChI is InChI=1S/C38H41BrFN3O6/c1-24(45)41-22-31-20-32(27-10-8-25(9-11-27)5-4-18-49-35-19-29(40)12-15-33(35)39)36(34(23-41)43(31)38(47)48)37(46)42(30-13-14-30)21-28-7-3-2-6-26(28)16-17-44/h2-3,6-12,15,19,30-31,34,44H,4-5,13-14,16-18,20-23H2,1H3,(H,47,48)/t31-,34-/m1/s1. The molecule has 2 bridgehead atoms. The molecule has 0 aromatic heterocycles. The number of rotatable bonds is 12. The summed E-state index contributed by atoms with van der Waals surface area (Å²) in [4.78, 5) is 45.0. The van der Waals surface area contributed by atoms with Crippen molar-refractivity contribution in [1.29, 1.82) is 0 Å². The van der Waals surface area contributed by atoms with Crippen LogP contribution in [0.5, 0.6) is 5.75 Å². The van der Waals surface area contributed by atoms with Gasteiger partial charge in [0.15, 0.2) is 0 Å². The van der Waals surface area contributed by atoms with E-state index in [1.54, 1.807) is 11.0 Å². The molecule has 6 rings (SSSR count). The third-order valence-corrected chi connectivity index (χ3v) is 10.4. The van der Waals surface area contributed by atoms with E-state index < -0.39 is 18.2 Å². The second-order valence-electron chi connectivity index (χ2n) is 13.0. The van der Waals surface area contributed by atoms with Gasteiger partial charge in [-0.1, -0.05) is 48.5 Å². The summed E-state index contributed by atoms with van der Waals surface area (Å²) in [7, 11) is 0. The van der Waals surface area contributed by atoms with Crippen molar-refractivity contribution in [2.45, 2.75) is 70.1 Å². The van der Waals surface area contributed by atoms with Crippen molar-refractivity contribution in [2.75, 3.05) is 26.3 Å². The molecule has 9 nitrogen and oxygen atoms in total. The largest absolute Gasteiger partial charge is 0.492 e. The zero-order valence-corrected chi connectivity index (χ0v) is 29.1. The molecule has 258 valence electrons. The smallest absolute Gasteiger partial charge is 0.408 e. The van der Waals surface area contributed by atoms with Crippen molar-refractivity contribution in [2.24, 2.45) is 0 Å². The van der Waals surface area contributed by atoms with Crippen LogP contribution >= 0.6 is 15.9 Å². The molecule has 3 amide bonds. The van der Waals surface area contributed by atoms with Crippen LogP contribution in [0.25, 0.3) is 5.57 Å². The van der Waals surface area contributed by atoms with Crippen LogP contribution in [-0.2, 0) is 29.0 Å². The second-order valence-corrected chi connectivity index (χ2v) is 13.9. The Labute approximate surface area is 294 Å².